The molecule has 2 aromatic heterocycles. The molecule has 1 atom stereocenters. The molecule has 1 saturated heterocycles. The molecule has 0 saturated carbocycles. The van der Waals surface area contributed by atoms with Crippen LogP contribution in [-0.2, 0) is 13.6 Å². The van der Waals surface area contributed by atoms with Crippen LogP contribution in [-0.4, -0.2) is 39.1 Å². The predicted octanol–water partition coefficient (Wildman–Crippen LogP) is 2.69. The van der Waals surface area contributed by atoms with Gasteiger partial charge in [-0.15, -0.1) is 11.3 Å². The Hall–Kier alpha value is -2.02. The molecule has 3 heterocycles. The lowest BCUT2D eigenvalue weighted by atomic mass is 10.1. The lowest BCUT2D eigenvalue weighted by Crippen LogP contribution is -2.46. The van der Waals surface area contributed by atoms with E-state index in [1.54, 1.807) is 11.3 Å². The number of hydrogen-bond acceptors (Lipinski definition) is 5. The number of nitrogens with zero attached hydrogens (tertiary/aromatic N) is 4. The smallest absolute Gasteiger partial charge is 0.127 e. The molecule has 0 spiro atoms. The van der Waals surface area contributed by atoms with Crippen LogP contribution in [0.4, 0.5) is 0 Å². The molecule has 1 N–H and O–H groups in total. The van der Waals surface area contributed by atoms with Crippen molar-refractivity contribution in [1.29, 1.82) is 0 Å². The van der Waals surface area contributed by atoms with E-state index in [1.807, 2.05) is 18.5 Å². The first-order chi connectivity index (χ1) is 11.8. The molecule has 124 valence electrons. The van der Waals surface area contributed by atoms with E-state index in [4.69, 9.17) is 4.98 Å². The molecule has 0 bridgehead atoms. The summed E-state index contributed by atoms with van der Waals surface area (Å²) in [4.78, 5) is 11.9. The van der Waals surface area contributed by atoms with E-state index in [-0.39, 0.29) is 0 Å². The third-order valence-corrected chi connectivity index (χ3v) is 5.30. The maximum atomic E-state index is 4.84. The third kappa shape index (κ3) is 3.13. The first kappa shape index (κ1) is 15.5. The fourth-order valence-electron chi connectivity index (χ4n) is 3.19. The highest BCUT2D eigenvalue weighted by Crippen LogP contribution is 2.26. The molecule has 1 unspecified atom stereocenters. The van der Waals surface area contributed by atoms with Gasteiger partial charge in [-0.2, -0.15) is 0 Å². The number of rotatable bonds is 4. The molecule has 1 aromatic carbocycles. The molecule has 1 aliphatic rings. The van der Waals surface area contributed by atoms with Gasteiger partial charge in [0, 0.05) is 50.0 Å². The zero-order chi connectivity index (χ0) is 16.4. The Morgan fingerprint density at radius 2 is 2.17 bits per heavy atom. The lowest BCUT2D eigenvalue weighted by Gasteiger charge is -2.35. The van der Waals surface area contributed by atoms with Crippen molar-refractivity contribution in [1.82, 2.24) is 24.8 Å². The maximum Gasteiger partial charge on any atom is 0.127 e. The highest BCUT2D eigenvalue weighted by molar-refractivity contribution is 7.09. The molecule has 1 fully saturated rings. The highest BCUT2D eigenvalue weighted by Gasteiger charge is 2.27. The predicted molar refractivity (Wildman–Crippen MR) is 96.8 cm³/mol. The van der Waals surface area contributed by atoms with Crippen LogP contribution in [0.5, 0.6) is 0 Å². The number of aromatic nitrogens is 3. The largest absolute Gasteiger partial charge is 0.337 e. The van der Waals surface area contributed by atoms with Crippen molar-refractivity contribution in [3.05, 3.63) is 58.9 Å². The van der Waals surface area contributed by atoms with Crippen LogP contribution in [0.1, 0.15) is 16.9 Å². The first-order valence-electron chi connectivity index (χ1n) is 8.23. The normalized spacial score (nSPS) is 18.8. The molecule has 4 rings (SSSR count). The van der Waals surface area contributed by atoms with Crippen LogP contribution in [0.25, 0.3) is 11.3 Å². The maximum absolute atomic E-state index is 4.84. The van der Waals surface area contributed by atoms with Gasteiger partial charge in [-0.25, -0.2) is 9.97 Å². The Bertz CT molecular complexity index is 795. The molecule has 0 radical (unpaired) electrons. The monoisotopic (exact) mass is 339 g/mol. The van der Waals surface area contributed by atoms with Crippen molar-refractivity contribution >= 4 is 11.3 Å². The Morgan fingerprint density at radius 3 is 2.96 bits per heavy atom. The van der Waals surface area contributed by atoms with Gasteiger partial charge < -0.3 is 9.88 Å². The van der Waals surface area contributed by atoms with Crippen molar-refractivity contribution < 1.29 is 0 Å². The van der Waals surface area contributed by atoms with Crippen LogP contribution in [0.15, 0.2) is 48.1 Å². The summed E-state index contributed by atoms with van der Waals surface area (Å²) in [5, 5.41) is 6.80. The van der Waals surface area contributed by atoms with Crippen LogP contribution in [0.2, 0.25) is 0 Å². The number of aryl methyl sites for hydroxylation is 1. The first-order valence-corrected chi connectivity index (χ1v) is 9.11. The van der Waals surface area contributed by atoms with E-state index in [1.165, 1.54) is 5.56 Å². The summed E-state index contributed by atoms with van der Waals surface area (Å²) in [5.41, 5.74) is 2.25. The van der Waals surface area contributed by atoms with Gasteiger partial charge in [0.1, 0.15) is 10.8 Å². The lowest BCUT2D eigenvalue weighted by molar-refractivity contribution is 0.144. The molecule has 1 aliphatic heterocycles. The van der Waals surface area contributed by atoms with Crippen LogP contribution in [0.3, 0.4) is 0 Å². The zero-order valence-corrected chi connectivity index (χ0v) is 14.5. The SMILES string of the molecule is Cn1ccnc1C1CNCCN1Cc1nc(-c2ccccc2)cs1. The summed E-state index contributed by atoms with van der Waals surface area (Å²) < 4.78 is 2.11. The Labute approximate surface area is 146 Å². The molecular formula is C18H21N5S. The number of nitrogens with one attached hydrogen (secondary N) is 1. The minimum atomic E-state index is 0.294. The topological polar surface area (TPSA) is 46.0 Å². The standard InChI is InChI=1S/C18H21N5S/c1-22-9-8-20-18(22)16-11-19-7-10-23(16)12-17-21-15(13-24-17)14-5-3-2-4-6-14/h2-6,8-9,13,16,19H,7,10-12H2,1H3. The van der Waals surface area contributed by atoms with Crippen molar-refractivity contribution in [3.8, 4) is 11.3 Å². The Balaban J connectivity index is 1.53. The van der Waals surface area contributed by atoms with E-state index in [0.717, 1.165) is 42.7 Å². The molecule has 5 nitrogen and oxygen atoms in total. The minimum absolute atomic E-state index is 0.294. The van der Waals surface area contributed by atoms with E-state index < -0.39 is 0 Å². The Morgan fingerprint density at radius 1 is 1.29 bits per heavy atom. The van der Waals surface area contributed by atoms with E-state index in [2.05, 4.69) is 56.5 Å². The summed E-state index contributed by atoms with van der Waals surface area (Å²) in [6, 6.07) is 10.7. The molecule has 6 heteroatoms. The van der Waals surface area contributed by atoms with Gasteiger partial charge >= 0.3 is 0 Å². The Kier molecular flexibility index (Phi) is 4.42. The van der Waals surface area contributed by atoms with Gasteiger partial charge in [-0.1, -0.05) is 30.3 Å². The van der Waals surface area contributed by atoms with E-state index >= 15 is 0 Å². The summed E-state index contributed by atoms with van der Waals surface area (Å²) in [7, 11) is 2.06. The van der Waals surface area contributed by atoms with Gasteiger partial charge in [-0.3, -0.25) is 4.90 Å². The van der Waals surface area contributed by atoms with Crippen molar-refractivity contribution in [3.63, 3.8) is 0 Å². The van der Waals surface area contributed by atoms with Gasteiger partial charge in [0.05, 0.1) is 18.3 Å². The van der Waals surface area contributed by atoms with Crippen LogP contribution < -0.4 is 5.32 Å². The van der Waals surface area contributed by atoms with Crippen LogP contribution >= 0.6 is 11.3 Å². The van der Waals surface area contributed by atoms with E-state index in [0.29, 0.717) is 6.04 Å². The second kappa shape index (κ2) is 6.84. The number of benzene rings is 1. The van der Waals surface area contributed by atoms with Gasteiger partial charge in [-0.05, 0) is 0 Å². The zero-order valence-electron chi connectivity index (χ0n) is 13.7. The number of hydrogen-bond donors (Lipinski definition) is 1. The number of thiazole rings is 1. The average Bonchev–Trinajstić information content (AvgIpc) is 3.25. The minimum Gasteiger partial charge on any atom is -0.337 e. The summed E-state index contributed by atoms with van der Waals surface area (Å²) in [5.74, 6) is 1.11. The number of piperazine rings is 1. The van der Waals surface area contributed by atoms with Gasteiger partial charge in [0.2, 0.25) is 0 Å². The second-order valence-corrected chi connectivity index (χ2v) is 7.02. The van der Waals surface area contributed by atoms with Crippen molar-refractivity contribution in [2.75, 3.05) is 19.6 Å². The van der Waals surface area contributed by atoms with Gasteiger partial charge in [0.25, 0.3) is 0 Å². The van der Waals surface area contributed by atoms with Crippen LogP contribution in [0, 0.1) is 0 Å². The number of imidazole rings is 1. The quantitative estimate of drug-likeness (QED) is 0.794. The summed E-state index contributed by atoms with van der Waals surface area (Å²) >= 11 is 1.74. The third-order valence-electron chi connectivity index (χ3n) is 4.47. The molecule has 0 aliphatic carbocycles. The second-order valence-electron chi connectivity index (χ2n) is 6.08. The molecular weight excluding hydrogens is 318 g/mol. The fourth-order valence-corrected chi connectivity index (χ4v) is 4.02. The molecule has 0 amide bonds. The van der Waals surface area contributed by atoms with Crippen molar-refractivity contribution in [2.24, 2.45) is 7.05 Å². The molecule has 24 heavy (non-hydrogen) atoms. The molecule has 3 aromatic rings. The summed E-state index contributed by atoms with van der Waals surface area (Å²) in [6.07, 6.45) is 3.89. The van der Waals surface area contributed by atoms with E-state index in [9.17, 15) is 0 Å². The fraction of sp³-hybridized carbons (Fsp3) is 0.333. The van der Waals surface area contributed by atoms with Gasteiger partial charge in [0.15, 0.2) is 0 Å². The average molecular weight is 339 g/mol. The summed E-state index contributed by atoms with van der Waals surface area (Å²) in [6.45, 7) is 3.83. The van der Waals surface area contributed by atoms with Crippen molar-refractivity contribution in [2.45, 2.75) is 12.6 Å². The highest BCUT2D eigenvalue weighted by atomic mass is 32.1.